The molecule has 0 aliphatic rings. The number of aryl methyl sites for hydroxylation is 1. The van der Waals surface area contributed by atoms with Gasteiger partial charge in [-0.3, -0.25) is 0 Å². The number of fused-ring (bicyclic) bond motifs is 1. The van der Waals surface area contributed by atoms with E-state index < -0.39 is 0 Å². The molecule has 1 aromatic heterocycles. The second kappa shape index (κ2) is 4.55. The van der Waals surface area contributed by atoms with Crippen molar-refractivity contribution in [1.29, 1.82) is 0 Å². The number of benzene rings is 2. The molecule has 2 aromatic carbocycles. The molecule has 19 heavy (non-hydrogen) atoms. The first-order valence-corrected chi connectivity index (χ1v) is 6.80. The molecule has 3 nitrogen and oxygen atoms in total. The van der Waals surface area contributed by atoms with Crippen molar-refractivity contribution in [3.8, 4) is 16.3 Å². The second-order valence-electron chi connectivity index (χ2n) is 4.43. The van der Waals surface area contributed by atoms with E-state index in [2.05, 4.69) is 11.9 Å². The van der Waals surface area contributed by atoms with Crippen LogP contribution in [0.4, 0.5) is 5.69 Å². The Hall–Kier alpha value is -2.07. The standard InChI is InChI=1S/C15H14N2OS/c1-9-3-4-10(16)7-12(9)15-17-13-6-5-11(18-2)8-14(13)19-15/h3-8H,16H2,1-2H3. The number of hydrogen-bond acceptors (Lipinski definition) is 4. The lowest BCUT2D eigenvalue weighted by Gasteiger charge is -2.02. The van der Waals surface area contributed by atoms with Crippen LogP contribution in [0.5, 0.6) is 5.75 Å². The third kappa shape index (κ3) is 2.15. The SMILES string of the molecule is COc1ccc2nc(-c3cc(N)ccc3C)sc2c1. The molecule has 0 aliphatic carbocycles. The Morgan fingerprint density at radius 2 is 2.00 bits per heavy atom. The summed E-state index contributed by atoms with van der Waals surface area (Å²) >= 11 is 1.66. The first kappa shape index (κ1) is 12.0. The molecule has 3 rings (SSSR count). The van der Waals surface area contributed by atoms with Gasteiger partial charge in [-0.05, 0) is 42.8 Å². The summed E-state index contributed by atoms with van der Waals surface area (Å²) in [7, 11) is 1.67. The van der Waals surface area contributed by atoms with Gasteiger partial charge < -0.3 is 10.5 Å². The van der Waals surface area contributed by atoms with Gasteiger partial charge in [-0.2, -0.15) is 0 Å². The van der Waals surface area contributed by atoms with Gasteiger partial charge in [-0.25, -0.2) is 4.98 Å². The maximum absolute atomic E-state index is 5.86. The lowest BCUT2D eigenvalue weighted by Crippen LogP contribution is -1.88. The molecule has 2 N–H and O–H groups in total. The summed E-state index contributed by atoms with van der Waals surface area (Å²) in [4.78, 5) is 4.67. The molecule has 3 aromatic rings. The minimum absolute atomic E-state index is 0.762. The van der Waals surface area contributed by atoms with Crippen molar-refractivity contribution >= 4 is 27.2 Å². The fourth-order valence-corrected chi connectivity index (χ4v) is 3.09. The van der Waals surface area contributed by atoms with Crippen LogP contribution in [0.15, 0.2) is 36.4 Å². The molecular formula is C15H14N2OS. The van der Waals surface area contributed by atoms with Crippen molar-refractivity contribution in [2.75, 3.05) is 12.8 Å². The number of nitrogens with two attached hydrogens (primary N) is 1. The fourth-order valence-electron chi connectivity index (χ4n) is 2.02. The van der Waals surface area contributed by atoms with Crippen LogP contribution in [0.25, 0.3) is 20.8 Å². The van der Waals surface area contributed by atoms with E-state index in [0.717, 1.165) is 32.2 Å². The van der Waals surface area contributed by atoms with Gasteiger partial charge in [0.1, 0.15) is 10.8 Å². The molecule has 0 amide bonds. The number of methoxy groups -OCH3 is 1. The summed E-state index contributed by atoms with van der Waals surface area (Å²) in [5.74, 6) is 0.854. The Bertz CT molecular complexity index is 749. The van der Waals surface area contributed by atoms with Gasteiger partial charge in [0, 0.05) is 11.3 Å². The van der Waals surface area contributed by atoms with Gasteiger partial charge >= 0.3 is 0 Å². The van der Waals surface area contributed by atoms with E-state index >= 15 is 0 Å². The molecule has 0 saturated heterocycles. The molecule has 0 unspecified atom stereocenters. The Morgan fingerprint density at radius 1 is 1.16 bits per heavy atom. The predicted octanol–water partition coefficient (Wildman–Crippen LogP) is 3.86. The first-order valence-electron chi connectivity index (χ1n) is 5.98. The van der Waals surface area contributed by atoms with Crippen LogP contribution < -0.4 is 10.5 Å². The number of thiazole rings is 1. The van der Waals surface area contributed by atoms with Gasteiger partial charge in [0.2, 0.25) is 0 Å². The van der Waals surface area contributed by atoms with Crippen molar-refractivity contribution in [1.82, 2.24) is 4.98 Å². The van der Waals surface area contributed by atoms with E-state index in [-0.39, 0.29) is 0 Å². The Balaban J connectivity index is 2.17. The highest BCUT2D eigenvalue weighted by Crippen LogP contribution is 2.34. The zero-order valence-corrected chi connectivity index (χ0v) is 11.6. The van der Waals surface area contributed by atoms with Crippen molar-refractivity contribution in [3.63, 3.8) is 0 Å². The number of anilines is 1. The minimum Gasteiger partial charge on any atom is -0.497 e. The monoisotopic (exact) mass is 270 g/mol. The van der Waals surface area contributed by atoms with Crippen molar-refractivity contribution in [2.24, 2.45) is 0 Å². The topological polar surface area (TPSA) is 48.1 Å². The van der Waals surface area contributed by atoms with Gasteiger partial charge in [0.25, 0.3) is 0 Å². The minimum atomic E-state index is 0.762. The van der Waals surface area contributed by atoms with E-state index in [1.165, 1.54) is 5.56 Å². The summed E-state index contributed by atoms with van der Waals surface area (Å²) in [6, 6.07) is 11.8. The summed E-state index contributed by atoms with van der Waals surface area (Å²) < 4.78 is 6.36. The smallest absolute Gasteiger partial charge is 0.124 e. The molecule has 0 radical (unpaired) electrons. The predicted molar refractivity (Wildman–Crippen MR) is 80.8 cm³/mol. The Kier molecular flexibility index (Phi) is 2.87. The molecule has 4 heteroatoms. The molecule has 0 fully saturated rings. The zero-order chi connectivity index (χ0) is 13.4. The van der Waals surface area contributed by atoms with Crippen LogP contribution in [0.3, 0.4) is 0 Å². The van der Waals surface area contributed by atoms with Crippen molar-refractivity contribution in [3.05, 3.63) is 42.0 Å². The average Bonchev–Trinajstić information content (AvgIpc) is 2.83. The molecule has 0 saturated carbocycles. The lowest BCUT2D eigenvalue weighted by atomic mass is 10.1. The maximum Gasteiger partial charge on any atom is 0.124 e. The number of nitrogen functional groups attached to an aromatic ring is 1. The number of nitrogens with zero attached hydrogens (tertiary/aromatic N) is 1. The zero-order valence-electron chi connectivity index (χ0n) is 10.8. The van der Waals surface area contributed by atoms with Gasteiger partial charge in [0.05, 0.1) is 17.3 Å². The highest BCUT2D eigenvalue weighted by molar-refractivity contribution is 7.21. The molecular weight excluding hydrogens is 256 g/mol. The third-order valence-corrected chi connectivity index (χ3v) is 4.14. The number of aromatic nitrogens is 1. The maximum atomic E-state index is 5.86. The van der Waals surface area contributed by atoms with E-state index in [4.69, 9.17) is 10.5 Å². The number of hydrogen-bond donors (Lipinski definition) is 1. The van der Waals surface area contributed by atoms with Crippen LogP contribution in [-0.4, -0.2) is 12.1 Å². The normalized spacial score (nSPS) is 10.8. The number of ether oxygens (including phenoxy) is 1. The fraction of sp³-hybridized carbons (Fsp3) is 0.133. The molecule has 0 spiro atoms. The highest BCUT2D eigenvalue weighted by Gasteiger charge is 2.09. The van der Waals surface area contributed by atoms with E-state index in [1.807, 2.05) is 36.4 Å². The summed E-state index contributed by atoms with van der Waals surface area (Å²) in [5, 5.41) is 0.994. The van der Waals surface area contributed by atoms with Gasteiger partial charge in [-0.1, -0.05) is 6.07 Å². The highest BCUT2D eigenvalue weighted by atomic mass is 32.1. The quantitative estimate of drug-likeness (QED) is 0.719. The number of rotatable bonds is 2. The van der Waals surface area contributed by atoms with E-state index in [9.17, 15) is 0 Å². The largest absolute Gasteiger partial charge is 0.497 e. The Morgan fingerprint density at radius 3 is 2.79 bits per heavy atom. The molecule has 96 valence electrons. The first-order chi connectivity index (χ1) is 9.17. The average molecular weight is 270 g/mol. The van der Waals surface area contributed by atoms with Crippen LogP contribution >= 0.6 is 11.3 Å². The van der Waals surface area contributed by atoms with Crippen LogP contribution in [0.1, 0.15) is 5.56 Å². The van der Waals surface area contributed by atoms with Crippen LogP contribution in [-0.2, 0) is 0 Å². The second-order valence-corrected chi connectivity index (χ2v) is 5.46. The molecule has 0 aliphatic heterocycles. The van der Waals surface area contributed by atoms with Crippen LogP contribution in [0.2, 0.25) is 0 Å². The third-order valence-electron chi connectivity index (χ3n) is 3.09. The molecule has 0 atom stereocenters. The summed E-state index contributed by atoms with van der Waals surface area (Å²) in [6.45, 7) is 2.07. The van der Waals surface area contributed by atoms with Gasteiger partial charge in [-0.15, -0.1) is 11.3 Å². The van der Waals surface area contributed by atoms with Crippen molar-refractivity contribution in [2.45, 2.75) is 6.92 Å². The lowest BCUT2D eigenvalue weighted by molar-refractivity contribution is 0.415. The molecule has 1 heterocycles. The molecule has 0 bridgehead atoms. The van der Waals surface area contributed by atoms with E-state index in [1.54, 1.807) is 18.4 Å². The summed E-state index contributed by atoms with van der Waals surface area (Å²) in [5.41, 5.74) is 9.89. The summed E-state index contributed by atoms with van der Waals surface area (Å²) in [6.07, 6.45) is 0. The van der Waals surface area contributed by atoms with Crippen LogP contribution in [0, 0.1) is 6.92 Å². The Labute approximate surface area is 115 Å². The van der Waals surface area contributed by atoms with E-state index in [0.29, 0.717) is 0 Å². The van der Waals surface area contributed by atoms with Gasteiger partial charge in [0.15, 0.2) is 0 Å². The van der Waals surface area contributed by atoms with Crippen molar-refractivity contribution < 1.29 is 4.74 Å².